The summed E-state index contributed by atoms with van der Waals surface area (Å²) in [5.41, 5.74) is 0.107. The fourth-order valence-electron chi connectivity index (χ4n) is 1.50. The first-order valence-electron chi connectivity index (χ1n) is 4.83. The van der Waals surface area contributed by atoms with Crippen molar-refractivity contribution in [1.29, 1.82) is 0 Å². The zero-order chi connectivity index (χ0) is 10.7. The van der Waals surface area contributed by atoms with Gasteiger partial charge in [-0.3, -0.25) is 9.59 Å². The third kappa shape index (κ3) is 2.44. The molecule has 1 fully saturated rings. The van der Waals surface area contributed by atoms with E-state index < -0.39 is 0 Å². The van der Waals surface area contributed by atoms with Crippen molar-refractivity contribution in [2.75, 3.05) is 13.2 Å². The van der Waals surface area contributed by atoms with Crippen LogP contribution in [-0.2, 0) is 4.74 Å². The zero-order valence-corrected chi connectivity index (χ0v) is 8.16. The molecule has 0 aliphatic carbocycles. The van der Waals surface area contributed by atoms with Gasteiger partial charge in [-0.25, -0.2) is 0 Å². The number of ether oxygens (including phenoxy) is 1. The highest BCUT2D eigenvalue weighted by Gasteiger charge is 2.18. The number of hydrogen-bond acceptors (Lipinski definition) is 3. The third-order valence-corrected chi connectivity index (χ3v) is 2.30. The van der Waals surface area contributed by atoms with Gasteiger partial charge in [0.1, 0.15) is 0 Å². The van der Waals surface area contributed by atoms with Crippen LogP contribution in [0.25, 0.3) is 0 Å². The molecule has 1 aromatic heterocycles. The lowest BCUT2D eigenvalue weighted by Crippen LogP contribution is -2.35. The fraction of sp³-hybridized carbons (Fsp3) is 0.400. The van der Waals surface area contributed by atoms with Gasteiger partial charge in [-0.2, -0.15) is 0 Å². The van der Waals surface area contributed by atoms with Crippen LogP contribution in [0.2, 0.25) is 0 Å². The van der Waals surface area contributed by atoms with Gasteiger partial charge < -0.3 is 15.0 Å². The molecule has 2 rings (SSSR count). The molecule has 5 heteroatoms. The number of nitrogens with one attached hydrogen (secondary N) is 2. The van der Waals surface area contributed by atoms with Crippen LogP contribution in [0.15, 0.2) is 23.1 Å². The Morgan fingerprint density at radius 1 is 1.60 bits per heavy atom. The monoisotopic (exact) mass is 208 g/mol. The maximum Gasteiger partial charge on any atom is 0.251 e. The maximum absolute atomic E-state index is 11.6. The van der Waals surface area contributed by atoms with Crippen molar-refractivity contribution in [2.24, 2.45) is 0 Å². The van der Waals surface area contributed by atoms with Gasteiger partial charge >= 0.3 is 0 Å². The summed E-state index contributed by atoms with van der Waals surface area (Å²) in [4.78, 5) is 25.1. The molecule has 2 heterocycles. The van der Waals surface area contributed by atoms with E-state index in [1.165, 1.54) is 12.3 Å². The number of carbonyl (C=O) groups excluding carboxylic acids is 1. The summed E-state index contributed by atoms with van der Waals surface area (Å²) in [6.07, 6.45) is 2.29. The van der Waals surface area contributed by atoms with Crippen molar-refractivity contribution < 1.29 is 9.53 Å². The van der Waals surface area contributed by atoms with Gasteiger partial charge in [-0.05, 0) is 12.5 Å². The third-order valence-electron chi connectivity index (χ3n) is 2.30. The molecule has 15 heavy (non-hydrogen) atoms. The smallest absolute Gasteiger partial charge is 0.251 e. The zero-order valence-electron chi connectivity index (χ0n) is 8.16. The lowest BCUT2D eigenvalue weighted by atomic mass is 10.2. The van der Waals surface area contributed by atoms with E-state index >= 15 is 0 Å². The Kier molecular flexibility index (Phi) is 2.82. The van der Waals surface area contributed by atoms with Crippen LogP contribution in [0.3, 0.4) is 0 Å². The first kappa shape index (κ1) is 9.92. The van der Waals surface area contributed by atoms with Crippen molar-refractivity contribution >= 4 is 5.91 Å². The van der Waals surface area contributed by atoms with Crippen molar-refractivity contribution in [3.63, 3.8) is 0 Å². The summed E-state index contributed by atoms with van der Waals surface area (Å²) >= 11 is 0. The van der Waals surface area contributed by atoms with Crippen LogP contribution in [0.1, 0.15) is 16.8 Å². The van der Waals surface area contributed by atoms with E-state index in [4.69, 9.17) is 4.74 Å². The summed E-state index contributed by atoms with van der Waals surface area (Å²) in [5, 5.41) is 2.81. The molecule has 5 nitrogen and oxygen atoms in total. The molecule has 1 atom stereocenters. The summed E-state index contributed by atoms with van der Waals surface area (Å²) in [5.74, 6) is -0.225. The molecule has 80 valence electrons. The lowest BCUT2D eigenvalue weighted by Gasteiger charge is -2.09. The summed E-state index contributed by atoms with van der Waals surface area (Å²) < 4.78 is 5.13. The minimum atomic E-state index is -0.273. The van der Waals surface area contributed by atoms with Crippen molar-refractivity contribution in [1.82, 2.24) is 10.3 Å². The van der Waals surface area contributed by atoms with Gasteiger partial charge in [0.25, 0.3) is 5.91 Å². The van der Waals surface area contributed by atoms with Crippen LogP contribution in [0, 0.1) is 0 Å². The molecular formula is C10H12N2O3. The van der Waals surface area contributed by atoms with E-state index in [1.54, 1.807) is 6.07 Å². The second kappa shape index (κ2) is 4.27. The number of H-pyrrole nitrogens is 1. The molecular weight excluding hydrogens is 196 g/mol. The molecule has 0 saturated carbocycles. The van der Waals surface area contributed by atoms with E-state index in [0.717, 1.165) is 6.42 Å². The summed E-state index contributed by atoms with van der Waals surface area (Å²) in [6, 6.07) is 2.93. The van der Waals surface area contributed by atoms with E-state index in [2.05, 4.69) is 10.3 Å². The molecule has 2 N–H and O–H groups in total. The minimum Gasteiger partial charge on any atom is -0.379 e. The number of carbonyl (C=O) groups is 1. The molecule has 0 aromatic carbocycles. The first-order chi connectivity index (χ1) is 7.25. The highest BCUT2D eigenvalue weighted by Crippen LogP contribution is 2.04. The van der Waals surface area contributed by atoms with Crippen molar-refractivity contribution in [3.05, 3.63) is 34.2 Å². The average molecular weight is 208 g/mol. The van der Waals surface area contributed by atoms with Crippen LogP contribution >= 0.6 is 0 Å². The van der Waals surface area contributed by atoms with E-state index in [9.17, 15) is 9.59 Å². The Bertz CT molecular complexity index is 407. The number of amides is 1. The van der Waals surface area contributed by atoms with Crippen LogP contribution in [0.4, 0.5) is 0 Å². The molecule has 1 unspecified atom stereocenters. The van der Waals surface area contributed by atoms with Crippen LogP contribution < -0.4 is 10.9 Å². The normalized spacial score (nSPS) is 20.1. The Morgan fingerprint density at radius 2 is 2.47 bits per heavy atom. The lowest BCUT2D eigenvalue weighted by molar-refractivity contribution is 0.0929. The predicted octanol–water partition coefficient (Wildman–Crippen LogP) is -0.106. The Balaban J connectivity index is 2.04. The fourth-order valence-corrected chi connectivity index (χ4v) is 1.50. The molecule has 0 radical (unpaired) electrons. The van der Waals surface area contributed by atoms with Crippen LogP contribution in [-0.4, -0.2) is 30.1 Å². The standard InChI is InChI=1S/C10H12N2O3/c13-9-5-7(1-3-11-9)10(14)12-8-2-4-15-6-8/h1,3,5,8H,2,4,6H2,(H,11,13)(H,12,14). The quantitative estimate of drug-likeness (QED) is 0.712. The van der Waals surface area contributed by atoms with Gasteiger partial charge in [-0.15, -0.1) is 0 Å². The number of aromatic nitrogens is 1. The van der Waals surface area contributed by atoms with E-state index in [-0.39, 0.29) is 17.5 Å². The van der Waals surface area contributed by atoms with E-state index in [0.29, 0.717) is 18.8 Å². The number of hydrogen-bond donors (Lipinski definition) is 2. The summed E-state index contributed by atoms with van der Waals surface area (Å²) in [6.45, 7) is 1.23. The second-order valence-corrected chi connectivity index (χ2v) is 3.48. The van der Waals surface area contributed by atoms with Gasteiger partial charge in [0.2, 0.25) is 5.56 Å². The van der Waals surface area contributed by atoms with Crippen molar-refractivity contribution in [2.45, 2.75) is 12.5 Å². The second-order valence-electron chi connectivity index (χ2n) is 3.48. The molecule has 0 bridgehead atoms. The van der Waals surface area contributed by atoms with Gasteiger partial charge in [0.15, 0.2) is 0 Å². The van der Waals surface area contributed by atoms with E-state index in [1.807, 2.05) is 0 Å². The molecule has 1 aliphatic heterocycles. The number of aromatic amines is 1. The largest absolute Gasteiger partial charge is 0.379 e. The maximum atomic E-state index is 11.6. The first-order valence-corrected chi connectivity index (χ1v) is 4.83. The topological polar surface area (TPSA) is 71.2 Å². The molecule has 0 spiro atoms. The SMILES string of the molecule is O=C(NC1CCOC1)c1cc[nH]c(=O)c1. The van der Waals surface area contributed by atoms with Gasteiger partial charge in [0, 0.05) is 24.4 Å². The highest BCUT2D eigenvalue weighted by atomic mass is 16.5. The number of pyridine rings is 1. The van der Waals surface area contributed by atoms with Crippen LogP contribution in [0.5, 0.6) is 0 Å². The Hall–Kier alpha value is -1.62. The van der Waals surface area contributed by atoms with Crippen molar-refractivity contribution in [3.8, 4) is 0 Å². The van der Waals surface area contributed by atoms with Gasteiger partial charge in [-0.1, -0.05) is 0 Å². The highest BCUT2D eigenvalue weighted by molar-refractivity contribution is 5.94. The average Bonchev–Trinajstić information content (AvgIpc) is 2.70. The summed E-state index contributed by atoms with van der Waals surface area (Å²) in [7, 11) is 0. The molecule has 1 saturated heterocycles. The Labute approximate surface area is 86.5 Å². The Morgan fingerprint density at radius 3 is 3.13 bits per heavy atom. The number of rotatable bonds is 2. The van der Waals surface area contributed by atoms with Gasteiger partial charge in [0.05, 0.1) is 12.6 Å². The molecule has 1 aliphatic rings. The molecule has 1 amide bonds. The predicted molar refractivity (Wildman–Crippen MR) is 53.8 cm³/mol. The molecule has 1 aromatic rings. The minimum absolute atomic E-state index is 0.0665.